The lowest BCUT2D eigenvalue weighted by atomic mass is 10.2. The molecule has 0 atom stereocenters. The van der Waals surface area contributed by atoms with Gasteiger partial charge in [-0.2, -0.15) is 4.98 Å². The molecule has 2 heterocycles. The van der Waals surface area contributed by atoms with Gasteiger partial charge in [-0.3, -0.25) is 4.79 Å². The molecule has 0 unspecified atom stereocenters. The first-order valence-electron chi connectivity index (χ1n) is 5.55. The third-order valence-corrected chi connectivity index (χ3v) is 2.55. The second-order valence-electron chi connectivity index (χ2n) is 3.90. The zero-order chi connectivity index (χ0) is 13.2. The molecule has 6 nitrogen and oxygen atoms in total. The Hall–Kier alpha value is -2.89. The van der Waals surface area contributed by atoms with E-state index in [2.05, 4.69) is 15.1 Å². The normalized spacial score (nSPS) is 10.5. The molecule has 2 N–H and O–H groups in total. The zero-order valence-corrected chi connectivity index (χ0v) is 9.70. The molecule has 1 aromatic carbocycles. The predicted molar refractivity (Wildman–Crippen MR) is 67.5 cm³/mol. The lowest BCUT2D eigenvalue weighted by Crippen LogP contribution is -2.03. The lowest BCUT2D eigenvalue weighted by molar-refractivity contribution is 0.431. The van der Waals surface area contributed by atoms with Crippen LogP contribution in [0.15, 0.2) is 51.8 Å². The fraction of sp³-hybridized carbons (Fsp3) is 0. The van der Waals surface area contributed by atoms with Crippen molar-refractivity contribution in [3.63, 3.8) is 0 Å². The summed E-state index contributed by atoms with van der Waals surface area (Å²) in [5.41, 5.74) is 0.943. The maximum absolute atomic E-state index is 11.2. The minimum Gasteiger partial charge on any atom is -0.508 e. The maximum Gasteiger partial charge on any atom is 0.274 e. The molecule has 0 radical (unpaired) electrons. The first-order valence-corrected chi connectivity index (χ1v) is 5.55. The summed E-state index contributed by atoms with van der Waals surface area (Å²) in [6, 6.07) is 11.1. The summed E-state index contributed by atoms with van der Waals surface area (Å²) in [7, 11) is 0. The Morgan fingerprint density at radius 1 is 1.11 bits per heavy atom. The van der Waals surface area contributed by atoms with E-state index in [-0.39, 0.29) is 17.2 Å². The Bertz CT molecular complexity index is 759. The van der Waals surface area contributed by atoms with Crippen molar-refractivity contribution in [1.29, 1.82) is 0 Å². The van der Waals surface area contributed by atoms with Crippen LogP contribution >= 0.6 is 0 Å². The number of aromatic nitrogens is 3. The summed E-state index contributed by atoms with van der Waals surface area (Å²) in [6.45, 7) is 0. The first kappa shape index (κ1) is 11.2. The number of rotatable bonds is 2. The Labute approximate surface area is 107 Å². The van der Waals surface area contributed by atoms with Crippen molar-refractivity contribution in [1.82, 2.24) is 15.1 Å². The molecule has 19 heavy (non-hydrogen) atoms. The van der Waals surface area contributed by atoms with Gasteiger partial charge in [0.25, 0.3) is 5.89 Å². The molecule has 6 heteroatoms. The van der Waals surface area contributed by atoms with Crippen LogP contribution in [0.2, 0.25) is 0 Å². The van der Waals surface area contributed by atoms with Gasteiger partial charge in [0.05, 0.1) is 0 Å². The smallest absolute Gasteiger partial charge is 0.274 e. The average molecular weight is 255 g/mol. The molecular weight excluding hydrogens is 246 g/mol. The van der Waals surface area contributed by atoms with Gasteiger partial charge in [-0.25, -0.2) is 0 Å². The van der Waals surface area contributed by atoms with Crippen LogP contribution in [0.5, 0.6) is 5.75 Å². The van der Waals surface area contributed by atoms with Gasteiger partial charge in [0.1, 0.15) is 11.4 Å². The van der Waals surface area contributed by atoms with E-state index in [0.29, 0.717) is 17.1 Å². The van der Waals surface area contributed by atoms with Crippen LogP contribution in [-0.2, 0) is 0 Å². The molecule has 2 aromatic heterocycles. The van der Waals surface area contributed by atoms with Gasteiger partial charge in [-0.05, 0) is 30.3 Å². The van der Waals surface area contributed by atoms with Gasteiger partial charge in [0, 0.05) is 11.6 Å². The second kappa shape index (κ2) is 4.41. The lowest BCUT2D eigenvalue weighted by Gasteiger charge is -1.94. The van der Waals surface area contributed by atoms with Crippen LogP contribution in [0, 0.1) is 0 Å². The molecule has 0 saturated heterocycles. The predicted octanol–water partition coefficient (Wildman–Crippen LogP) is 1.80. The second-order valence-corrected chi connectivity index (χ2v) is 3.90. The van der Waals surface area contributed by atoms with Crippen LogP contribution < -0.4 is 5.56 Å². The van der Waals surface area contributed by atoms with Crippen molar-refractivity contribution >= 4 is 0 Å². The van der Waals surface area contributed by atoms with E-state index in [0.717, 1.165) is 0 Å². The van der Waals surface area contributed by atoms with Crippen LogP contribution in [0.25, 0.3) is 23.0 Å². The molecule has 0 aliphatic rings. The molecule has 0 aliphatic heterocycles. The summed E-state index contributed by atoms with van der Waals surface area (Å²) in [5.74, 6) is 0.792. The number of H-pyrrole nitrogens is 1. The zero-order valence-electron chi connectivity index (χ0n) is 9.70. The molecule has 0 fully saturated rings. The summed E-state index contributed by atoms with van der Waals surface area (Å²) < 4.78 is 5.10. The van der Waals surface area contributed by atoms with E-state index in [1.807, 2.05) is 0 Å². The molecule has 0 bridgehead atoms. The minimum absolute atomic E-state index is 0.167. The van der Waals surface area contributed by atoms with E-state index < -0.39 is 0 Å². The molecule has 3 aromatic rings. The van der Waals surface area contributed by atoms with E-state index in [9.17, 15) is 9.90 Å². The number of hydrogen-bond donors (Lipinski definition) is 2. The van der Waals surface area contributed by atoms with Crippen LogP contribution in [0.3, 0.4) is 0 Å². The number of nitrogens with zero attached hydrogens (tertiary/aromatic N) is 2. The van der Waals surface area contributed by atoms with Gasteiger partial charge in [0.15, 0.2) is 0 Å². The average Bonchev–Trinajstić information content (AvgIpc) is 2.89. The Kier molecular flexibility index (Phi) is 2.60. The Morgan fingerprint density at radius 2 is 1.89 bits per heavy atom. The Morgan fingerprint density at radius 3 is 2.63 bits per heavy atom. The number of phenolic OH excluding ortho intramolecular Hbond substituents is 1. The summed E-state index contributed by atoms with van der Waals surface area (Å²) >= 11 is 0. The van der Waals surface area contributed by atoms with Gasteiger partial charge >= 0.3 is 0 Å². The maximum atomic E-state index is 11.2. The fourth-order valence-corrected chi connectivity index (χ4v) is 1.63. The third kappa shape index (κ3) is 2.23. The van der Waals surface area contributed by atoms with Crippen molar-refractivity contribution in [2.24, 2.45) is 0 Å². The van der Waals surface area contributed by atoms with E-state index in [1.165, 1.54) is 18.2 Å². The third-order valence-electron chi connectivity index (χ3n) is 2.55. The van der Waals surface area contributed by atoms with Gasteiger partial charge in [0.2, 0.25) is 11.4 Å². The van der Waals surface area contributed by atoms with Gasteiger partial charge < -0.3 is 14.6 Å². The number of phenols is 1. The fourth-order valence-electron chi connectivity index (χ4n) is 1.63. The van der Waals surface area contributed by atoms with Gasteiger partial charge in [-0.1, -0.05) is 11.2 Å². The summed E-state index contributed by atoms with van der Waals surface area (Å²) in [6.07, 6.45) is 0. The highest BCUT2D eigenvalue weighted by atomic mass is 16.5. The minimum atomic E-state index is -0.234. The van der Waals surface area contributed by atoms with Crippen molar-refractivity contribution in [3.05, 3.63) is 52.8 Å². The molecule has 0 aliphatic carbocycles. The van der Waals surface area contributed by atoms with Crippen LogP contribution in [0.4, 0.5) is 0 Å². The quantitative estimate of drug-likeness (QED) is 0.728. The van der Waals surface area contributed by atoms with E-state index in [1.54, 1.807) is 24.3 Å². The molecular formula is C13H9N3O3. The van der Waals surface area contributed by atoms with Crippen LogP contribution in [-0.4, -0.2) is 20.2 Å². The molecule has 94 valence electrons. The number of aromatic hydroxyl groups is 1. The van der Waals surface area contributed by atoms with E-state index in [4.69, 9.17) is 4.52 Å². The molecule has 0 saturated carbocycles. The highest BCUT2D eigenvalue weighted by Crippen LogP contribution is 2.21. The number of nitrogens with one attached hydrogen (secondary N) is 1. The highest BCUT2D eigenvalue weighted by molar-refractivity contribution is 5.58. The summed E-state index contributed by atoms with van der Waals surface area (Å²) in [5, 5.41) is 13.0. The molecule has 0 amide bonds. The number of benzene rings is 1. The van der Waals surface area contributed by atoms with Crippen molar-refractivity contribution in [2.45, 2.75) is 0 Å². The highest BCUT2D eigenvalue weighted by Gasteiger charge is 2.10. The number of hydrogen-bond acceptors (Lipinski definition) is 5. The van der Waals surface area contributed by atoms with Crippen molar-refractivity contribution < 1.29 is 9.63 Å². The standard InChI is InChI=1S/C13H9N3O3/c17-9-6-4-8(5-7-9)12-15-13(19-16-12)10-2-1-3-11(18)14-10/h1-7,17H,(H,14,18). The largest absolute Gasteiger partial charge is 0.508 e. The van der Waals surface area contributed by atoms with Crippen molar-refractivity contribution in [3.8, 4) is 28.7 Å². The monoisotopic (exact) mass is 255 g/mol. The molecule has 3 rings (SSSR count). The first-order chi connectivity index (χ1) is 9.22. The topological polar surface area (TPSA) is 92.0 Å². The Balaban J connectivity index is 1.99. The van der Waals surface area contributed by atoms with Crippen LogP contribution in [0.1, 0.15) is 0 Å². The number of aromatic amines is 1. The summed E-state index contributed by atoms with van der Waals surface area (Å²) in [4.78, 5) is 18.0. The van der Waals surface area contributed by atoms with Crippen molar-refractivity contribution in [2.75, 3.05) is 0 Å². The molecule has 0 spiro atoms. The number of pyridine rings is 1. The van der Waals surface area contributed by atoms with Gasteiger partial charge in [-0.15, -0.1) is 0 Å². The van der Waals surface area contributed by atoms with E-state index >= 15 is 0 Å². The SMILES string of the molecule is O=c1cccc(-c2nc(-c3ccc(O)cc3)no2)[nH]1.